The summed E-state index contributed by atoms with van der Waals surface area (Å²) >= 11 is 0. The predicted octanol–water partition coefficient (Wildman–Crippen LogP) is 2.31. The molecule has 0 radical (unpaired) electrons. The Morgan fingerprint density at radius 3 is 2.56 bits per heavy atom. The molecule has 1 aliphatic heterocycles. The zero-order valence-electron chi connectivity index (χ0n) is 14.0. The SMILES string of the molecule is O=c1[nH]cc(-c2ccc(CN3CCNCC3)cc2)c2c(O)cccc12. The number of hydrogen-bond acceptors (Lipinski definition) is 4. The van der Waals surface area contributed by atoms with Crippen LogP contribution in [-0.2, 0) is 6.54 Å². The highest BCUT2D eigenvalue weighted by molar-refractivity contribution is 5.99. The third-order valence-electron chi connectivity index (χ3n) is 4.78. The summed E-state index contributed by atoms with van der Waals surface area (Å²) in [5.41, 5.74) is 2.89. The van der Waals surface area contributed by atoms with Crippen LogP contribution in [0.2, 0.25) is 0 Å². The molecule has 0 bridgehead atoms. The van der Waals surface area contributed by atoms with Crippen molar-refractivity contribution in [1.29, 1.82) is 0 Å². The standard InChI is InChI=1S/C20H21N3O2/c24-18-3-1-2-16-19(18)17(12-22-20(16)25)15-6-4-14(5-7-15)13-23-10-8-21-9-11-23/h1-7,12,21,24H,8-11,13H2,(H,22,25). The molecule has 3 aromatic rings. The summed E-state index contributed by atoms with van der Waals surface area (Å²) in [7, 11) is 0. The van der Waals surface area contributed by atoms with Crippen molar-refractivity contribution in [2.75, 3.05) is 26.2 Å². The van der Waals surface area contributed by atoms with E-state index in [1.165, 1.54) is 5.56 Å². The number of aromatic nitrogens is 1. The largest absolute Gasteiger partial charge is 0.507 e. The number of piperazine rings is 1. The summed E-state index contributed by atoms with van der Waals surface area (Å²) in [6.45, 7) is 5.17. The van der Waals surface area contributed by atoms with Gasteiger partial charge >= 0.3 is 0 Å². The first kappa shape index (κ1) is 15.9. The quantitative estimate of drug-likeness (QED) is 0.687. The molecule has 128 valence electrons. The first-order valence-electron chi connectivity index (χ1n) is 8.58. The summed E-state index contributed by atoms with van der Waals surface area (Å²) in [6.07, 6.45) is 1.68. The smallest absolute Gasteiger partial charge is 0.255 e. The number of pyridine rings is 1. The second-order valence-corrected chi connectivity index (χ2v) is 6.45. The average Bonchev–Trinajstić information content (AvgIpc) is 2.64. The minimum absolute atomic E-state index is 0.128. The second-order valence-electron chi connectivity index (χ2n) is 6.45. The normalized spacial score (nSPS) is 15.5. The van der Waals surface area contributed by atoms with E-state index in [-0.39, 0.29) is 11.3 Å². The van der Waals surface area contributed by atoms with Gasteiger partial charge in [0.2, 0.25) is 0 Å². The number of benzene rings is 2. The molecule has 0 saturated carbocycles. The van der Waals surface area contributed by atoms with E-state index < -0.39 is 0 Å². The molecule has 1 aromatic heterocycles. The van der Waals surface area contributed by atoms with Gasteiger partial charge in [-0.2, -0.15) is 0 Å². The number of nitrogens with one attached hydrogen (secondary N) is 2. The Morgan fingerprint density at radius 2 is 1.80 bits per heavy atom. The number of fused-ring (bicyclic) bond motifs is 1. The lowest BCUT2D eigenvalue weighted by Gasteiger charge is -2.27. The Hall–Kier alpha value is -2.63. The predicted molar refractivity (Wildman–Crippen MR) is 99.8 cm³/mol. The van der Waals surface area contributed by atoms with Gasteiger partial charge in [0.05, 0.1) is 5.39 Å². The fourth-order valence-corrected chi connectivity index (χ4v) is 3.44. The lowest BCUT2D eigenvalue weighted by Crippen LogP contribution is -2.42. The third-order valence-corrected chi connectivity index (χ3v) is 4.78. The Labute approximate surface area is 145 Å². The van der Waals surface area contributed by atoms with Crippen molar-refractivity contribution in [2.24, 2.45) is 0 Å². The highest BCUT2D eigenvalue weighted by atomic mass is 16.3. The first-order valence-corrected chi connectivity index (χ1v) is 8.58. The zero-order valence-corrected chi connectivity index (χ0v) is 14.0. The van der Waals surface area contributed by atoms with Crippen LogP contribution < -0.4 is 10.9 Å². The Morgan fingerprint density at radius 1 is 1.04 bits per heavy atom. The van der Waals surface area contributed by atoms with E-state index in [1.54, 1.807) is 24.4 Å². The molecule has 2 heterocycles. The number of hydrogen-bond donors (Lipinski definition) is 3. The summed E-state index contributed by atoms with van der Waals surface area (Å²) < 4.78 is 0. The van der Waals surface area contributed by atoms with E-state index >= 15 is 0 Å². The number of rotatable bonds is 3. The molecule has 1 fully saturated rings. The molecule has 0 atom stereocenters. The molecular weight excluding hydrogens is 314 g/mol. The third kappa shape index (κ3) is 3.16. The van der Waals surface area contributed by atoms with Gasteiger partial charge in [0.15, 0.2) is 0 Å². The lowest BCUT2D eigenvalue weighted by atomic mass is 9.99. The summed E-state index contributed by atoms with van der Waals surface area (Å²) in [5, 5.41) is 14.7. The maximum Gasteiger partial charge on any atom is 0.255 e. The van der Waals surface area contributed by atoms with Gasteiger partial charge in [0, 0.05) is 49.9 Å². The van der Waals surface area contributed by atoms with Gasteiger partial charge in [-0.15, -0.1) is 0 Å². The summed E-state index contributed by atoms with van der Waals surface area (Å²) in [5.74, 6) is 0.128. The topological polar surface area (TPSA) is 68.4 Å². The van der Waals surface area contributed by atoms with Crippen molar-refractivity contribution >= 4 is 10.8 Å². The Bertz CT molecular complexity index is 941. The van der Waals surface area contributed by atoms with Crippen molar-refractivity contribution in [3.8, 4) is 16.9 Å². The van der Waals surface area contributed by atoms with E-state index in [2.05, 4.69) is 39.5 Å². The van der Waals surface area contributed by atoms with Crippen molar-refractivity contribution in [3.63, 3.8) is 0 Å². The molecule has 5 nitrogen and oxygen atoms in total. The van der Waals surface area contributed by atoms with Crippen LogP contribution in [0.3, 0.4) is 0 Å². The number of phenols is 1. The van der Waals surface area contributed by atoms with Crippen LogP contribution in [0.5, 0.6) is 5.75 Å². The van der Waals surface area contributed by atoms with E-state index in [9.17, 15) is 9.90 Å². The molecule has 4 rings (SSSR count). The molecule has 0 spiro atoms. The van der Waals surface area contributed by atoms with Crippen molar-refractivity contribution in [1.82, 2.24) is 15.2 Å². The Kier molecular flexibility index (Phi) is 4.26. The van der Waals surface area contributed by atoms with E-state index in [0.29, 0.717) is 10.8 Å². The maximum absolute atomic E-state index is 12.0. The minimum Gasteiger partial charge on any atom is -0.507 e. The van der Waals surface area contributed by atoms with Crippen LogP contribution >= 0.6 is 0 Å². The zero-order chi connectivity index (χ0) is 17.2. The molecule has 3 N–H and O–H groups in total. The van der Waals surface area contributed by atoms with Crippen LogP contribution in [-0.4, -0.2) is 41.2 Å². The van der Waals surface area contributed by atoms with Gasteiger partial charge in [0.1, 0.15) is 5.75 Å². The molecule has 0 unspecified atom stereocenters. The molecule has 0 amide bonds. The van der Waals surface area contributed by atoms with Crippen molar-refractivity contribution in [2.45, 2.75) is 6.54 Å². The van der Waals surface area contributed by atoms with Crippen molar-refractivity contribution in [3.05, 3.63) is 64.6 Å². The first-order chi connectivity index (χ1) is 12.2. The summed E-state index contributed by atoms with van der Waals surface area (Å²) in [6, 6.07) is 13.4. The monoisotopic (exact) mass is 335 g/mol. The van der Waals surface area contributed by atoms with E-state index in [1.807, 2.05) is 0 Å². The van der Waals surface area contributed by atoms with Crippen LogP contribution in [0.15, 0.2) is 53.5 Å². The number of H-pyrrole nitrogens is 1. The highest BCUT2D eigenvalue weighted by Crippen LogP contribution is 2.32. The van der Waals surface area contributed by atoms with Crippen LogP contribution in [0, 0.1) is 0 Å². The average molecular weight is 335 g/mol. The number of aromatic hydroxyl groups is 1. The van der Waals surface area contributed by atoms with Gasteiger partial charge < -0.3 is 15.4 Å². The minimum atomic E-state index is -0.190. The number of aromatic amines is 1. The van der Waals surface area contributed by atoms with Gasteiger partial charge in [-0.3, -0.25) is 9.69 Å². The van der Waals surface area contributed by atoms with Crippen LogP contribution in [0.25, 0.3) is 21.9 Å². The second kappa shape index (κ2) is 6.70. The summed E-state index contributed by atoms with van der Waals surface area (Å²) in [4.78, 5) is 17.2. The maximum atomic E-state index is 12.0. The fraction of sp³-hybridized carbons (Fsp3) is 0.250. The molecule has 2 aromatic carbocycles. The molecule has 1 aliphatic rings. The van der Waals surface area contributed by atoms with Gasteiger partial charge in [0.25, 0.3) is 5.56 Å². The molecular formula is C20H21N3O2. The van der Waals surface area contributed by atoms with E-state index in [0.717, 1.165) is 43.9 Å². The van der Waals surface area contributed by atoms with Gasteiger partial charge in [-0.05, 0) is 23.3 Å². The molecule has 25 heavy (non-hydrogen) atoms. The van der Waals surface area contributed by atoms with E-state index in [4.69, 9.17) is 0 Å². The molecule has 5 heteroatoms. The molecule has 1 saturated heterocycles. The van der Waals surface area contributed by atoms with Gasteiger partial charge in [-0.1, -0.05) is 30.3 Å². The van der Waals surface area contributed by atoms with Crippen LogP contribution in [0.1, 0.15) is 5.56 Å². The molecule has 0 aliphatic carbocycles. The highest BCUT2D eigenvalue weighted by Gasteiger charge is 2.12. The fourth-order valence-electron chi connectivity index (χ4n) is 3.44. The lowest BCUT2D eigenvalue weighted by molar-refractivity contribution is 0.233. The Balaban J connectivity index is 1.67. The van der Waals surface area contributed by atoms with Crippen LogP contribution in [0.4, 0.5) is 0 Å². The van der Waals surface area contributed by atoms with Crippen molar-refractivity contribution < 1.29 is 5.11 Å². The van der Waals surface area contributed by atoms with Gasteiger partial charge in [-0.25, -0.2) is 0 Å². The number of phenolic OH excluding ortho intramolecular Hbond substituents is 1. The number of nitrogens with zero attached hydrogens (tertiary/aromatic N) is 1.